The number of benzene rings is 4. The van der Waals surface area contributed by atoms with E-state index in [0.717, 1.165) is 33.9 Å². The van der Waals surface area contributed by atoms with E-state index < -0.39 is 0 Å². The number of anilines is 1. The van der Waals surface area contributed by atoms with Gasteiger partial charge in [-0.25, -0.2) is 4.98 Å². The van der Waals surface area contributed by atoms with Gasteiger partial charge in [0.15, 0.2) is 0 Å². The van der Waals surface area contributed by atoms with E-state index in [1.807, 2.05) is 60.8 Å². The fraction of sp³-hybridized carbons (Fsp3) is 0.194. The van der Waals surface area contributed by atoms with Crippen molar-refractivity contribution in [1.82, 2.24) is 9.97 Å². The minimum Gasteiger partial charge on any atom is -0.366 e. The molecule has 6 rings (SSSR count). The predicted octanol–water partition coefficient (Wildman–Crippen LogP) is 8.14. The van der Waals surface area contributed by atoms with Gasteiger partial charge >= 0.3 is 0 Å². The van der Waals surface area contributed by atoms with Crippen LogP contribution in [-0.2, 0) is 0 Å². The Hall–Kier alpha value is -4.97. The standard InChI is InChI=1S/C29H29N3O.C7H7NO/c1-20-12-17-25(18-26(20)28-30-19-27(32-28)23-10-6-3-7-11-23)31-29(33)24-15-13-22(14-16-24)21-8-4-2-5-9-21;8-7(9)6-4-2-1-3-5-6/h3,6-7,10-19,21H,2,4-5,8-9H2,1H3,(H,30,32)(H,31,33);1-5H,(H2,8,9). The molecule has 1 fully saturated rings. The summed E-state index contributed by atoms with van der Waals surface area (Å²) in [6, 6.07) is 33.0. The Morgan fingerprint density at radius 2 is 1.48 bits per heavy atom. The summed E-state index contributed by atoms with van der Waals surface area (Å²) in [6.07, 6.45) is 8.34. The van der Waals surface area contributed by atoms with Crippen molar-refractivity contribution in [1.29, 1.82) is 0 Å². The van der Waals surface area contributed by atoms with Gasteiger partial charge in [-0.2, -0.15) is 0 Å². The second-order valence-corrected chi connectivity index (χ2v) is 10.7. The number of amides is 2. The molecule has 0 saturated heterocycles. The third-order valence-electron chi connectivity index (χ3n) is 7.72. The molecule has 0 unspecified atom stereocenters. The highest BCUT2D eigenvalue weighted by Crippen LogP contribution is 2.33. The number of hydrogen-bond donors (Lipinski definition) is 3. The summed E-state index contributed by atoms with van der Waals surface area (Å²) in [7, 11) is 0. The van der Waals surface area contributed by atoms with Gasteiger partial charge in [0.25, 0.3) is 5.91 Å². The lowest BCUT2D eigenvalue weighted by Crippen LogP contribution is -2.12. The summed E-state index contributed by atoms with van der Waals surface area (Å²) < 4.78 is 0. The van der Waals surface area contributed by atoms with Crippen molar-refractivity contribution in [2.45, 2.75) is 44.9 Å². The van der Waals surface area contributed by atoms with Crippen LogP contribution in [0.3, 0.4) is 0 Å². The molecular weight excluding hydrogens is 520 g/mol. The van der Waals surface area contributed by atoms with Crippen LogP contribution < -0.4 is 11.1 Å². The van der Waals surface area contributed by atoms with Crippen LogP contribution >= 0.6 is 0 Å². The fourth-order valence-corrected chi connectivity index (χ4v) is 5.33. The number of carbonyl (C=O) groups excluding carboxylic acids is 2. The normalized spacial score (nSPS) is 13.1. The number of aromatic nitrogens is 2. The molecule has 1 saturated carbocycles. The lowest BCUT2D eigenvalue weighted by atomic mass is 9.84. The molecule has 4 N–H and O–H groups in total. The monoisotopic (exact) mass is 556 g/mol. The summed E-state index contributed by atoms with van der Waals surface area (Å²) in [6.45, 7) is 2.05. The zero-order valence-electron chi connectivity index (χ0n) is 23.8. The number of imidazole rings is 1. The largest absolute Gasteiger partial charge is 0.366 e. The quantitative estimate of drug-likeness (QED) is 0.197. The number of rotatable bonds is 6. The zero-order valence-corrected chi connectivity index (χ0v) is 23.8. The Kier molecular flexibility index (Phi) is 9.24. The minimum atomic E-state index is -0.379. The molecule has 5 aromatic rings. The van der Waals surface area contributed by atoms with E-state index in [-0.39, 0.29) is 11.8 Å². The lowest BCUT2D eigenvalue weighted by Gasteiger charge is -2.22. The van der Waals surface area contributed by atoms with Crippen molar-refractivity contribution in [3.8, 4) is 22.6 Å². The Balaban J connectivity index is 0.000000336. The molecule has 1 aliphatic carbocycles. The van der Waals surface area contributed by atoms with E-state index in [4.69, 9.17) is 5.73 Å². The highest BCUT2D eigenvalue weighted by Gasteiger charge is 2.16. The molecule has 0 atom stereocenters. The Morgan fingerprint density at radius 1 is 0.810 bits per heavy atom. The van der Waals surface area contributed by atoms with E-state index in [2.05, 4.69) is 46.5 Å². The molecule has 6 nitrogen and oxygen atoms in total. The first-order valence-corrected chi connectivity index (χ1v) is 14.5. The van der Waals surface area contributed by atoms with E-state index in [1.54, 1.807) is 24.3 Å². The van der Waals surface area contributed by atoms with E-state index in [0.29, 0.717) is 17.0 Å². The van der Waals surface area contributed by atoms with Gasteiger partial charge in [0.1, 0.15) is 5.82 Å². The Bertz CT molecular complexity index is 1620. The van der Waals surface area contributed by atoms with Crippen LogP contribution in [-0.4, -0.2) is 21.8 Å². The number of nitrogens with two attached hydrogens (primary N) is 1. The summed E-state index contributed by atoms with van der Waals surface area (Å²) >= 11 is 0. The number of hydrogen-bond acceptors (Lipinski definition) is 3. The number of aryl methyl sites for hydroxylation is 1. The number of H-pyrrole nitrogens is 1. The van der Waals surface area contributed by atoms with Gasteiger partial charge < -0.3 is 16.0 Å². The highest BCUT2D eigenvalue weighted by atomic mass is 16.2. The zero-order chi connectivity index (χ0) is 29.3. The average molecular weight is 557 g/mol. The van der Waals surface area contributed by atoms with Crippen molar-refractivity contribution in [3.05, 3.63) is 132 Å². The van der Waals surface area contributed by atoms with Crippen molar-refractivity contribution < 1.29 is 9.59 Å². The third-order valence-corrected chi connectivity index (χ3v) is 7.72. The molecule has 1 aliphatic rings. The number of carbonyl (C=O) groups is 2. The molecule has 1 aromatic heterocycles. The molecule has 0 radical (unpaired) electrons. The summed E-state index contributed by atoms with van der Waals surface area (Å²) in [4.78, 5) is 31.3. The molecular formula is C36H36N4O2. The van der Waals surface area contributed by atoms with Crippen molar-refractivity contribution in [3.63, 3.8) is 0 Å². The number of primary amides is 1. The molecule has 2 amide bonds. The van der Waals surface area contributed by atoms with Crippen LogP contribution in [0.15, 0.2) is 109 Å². The molecule has 1 heterocycles. The molecule has 0 spiro atoms. The van der Waals surface area contributed by atoms with Crippen molar-refractivity contribution >= 4 is 17.5 Å². The van der Waals surface area contributed by atoms with Gasteiger partial charge in [0, 0.05) is 22.4 Å². The summed E-state index contributed by atoms with van der Waals surface area (Å²) in [5.74, 6) is 0.962. The van der Waals surface area contributed by atoms with Gasteiger partial charge in [-0.3, -0.25) is 9.59 Å². The van der Waals surface area contributed by atoms with Crippen molar-refractivity contribution in [2.24, 2.45) is 5.73 Å². The van der Waals surface area contributed by atoms with E-state index in [1.165, 1.54) is 37.7 Å². The number of nitrogens with one attached hydrogen (secondary N) is 2. The fourth-order valence-electron chi connectivity index (χ4n) is 5.33. The first-order chi connectivity index (χ1) is 20.5. The maximum absolute atomic E-state index is 12.9. The topological polar surface area (TPSA) is 101 Å². The third kappa shape index (κ3) is 7.21. The first-order valence-electron chi connectivity index (χ1n) is 14.5. The van der Waals surface area contributed by atoms with E-state index >= 15 is 0 Å². The van der Waals surface area contributed by atoms with Crippen LogP contribution in [0.5, 0.6) is 0 Å². The minimum absolute atomic E-state index is 0.0931. The van der Waals surface area contributed by atoms with Crippen LogP contribution in [0.2, 0.25) is 0 Å². The molecule has 6 heteroatoms. The van der Waals surface area contributed by atoms with Crippen molar-refractivity contribution in [2.75, 3.05) is 5.32 Å². The second-order valence-electron chi connectivity index (χ2n) is 10.7. The highest BCUT2D eigenvalue weighted by molar-refractivity contribution is 6.04. The SMILES string of the molecule is Cc1ccc(NC(=O)c2ccc(C3CCCCC3)cc2)cc1-c1ncc(-c2ccccc2)[nH]1.NC(=O)c1ccccc1. The van der Waals surface area contributed by atoms with Gasteiger partial charge in [0.2, 0.25) is 5.91 Å². The maximum Gasteiger partial charge on any atom is 0.255 e. The molecule has 0 bridgehead atoms. The van der Waals surface area contributed by atoms with Gasteiger partial charge in [-0.05, 0) is 78.8 Å². The summed E-state index contributed by atoms with van der Waals surface area (Å²) in [5.41, 5.74) is 12.5. The number of nitrogens with zero attached hydrogens (tertiary/aromatic N) is 1. The second kappa shape index (κ2) is 13.6. The molecule has 212 valence electrons. The Morgan fingerprint density at radius 3 is 2.12 bits per heavy atom. The predicted molar refractivity (Wildman–Crippen MR) is 169 cm³/mol. The van der Waals surface area contributed by atoms with Gasteiger partial charge in [-0.15, -0.1) is 0 Å². The first kappa shape index (κ1) is 28.6. The van der Waals surface area contributed by atoms with Crippen LogP contribution in [0.25, 0.3) is 22.6 Å². The molecule has 42 heavy (non-hydrogen) atoms. The summed E-state index contributed by atoms with van der Waals surface area (Å²) in [5, 5.41) is 3.05. The number of aromatic amines is 1. The van der Waals surface area contributed by atoms with Crippen LogP contribution in [0, 0.1) is 6.92 Å². The smallest absolute Gasteiger partial charge is 0.255 e. The van der Waals surface area contributed by atoms with Crippen LogP contribution in [0.4, 0.5) is 5.69 Å². The van der Waals surface area contributed by atoms with Gasteiger partial charge in [-0.1, -0.05) is 86.0 Å². The van der Waals surface area contributed by atoms with Gasteiger partial charge in [0.05, 0.1) is 11.9 Å². The maximum atomic E-state index is 12.9. The molecule has 4 aromatic carbocycles. The van der Waals surface area contributed by atoms with E-state index in [9.17, 15) is 9.59 Å². The lowest BCUT2D eigenvalue weighted by molar-refractivity contribution is 0.0997. The molecule has 0 aliphatic heterocycles. The average Bonchev–Trinajstić information content (AvgIpc) is 3.54. The Labute approximate surface area is 247 Å². The van der Waals surface area contributed by atoms with Crippen LogP contribution in [0.1, 0.15) is 69.9 Å².